The van der Waals surface area contributed by atoms with Crippen LogP contribution in [0.2, 0.25) is 0 Å². The molecule has 88 valence electrons. The Labute approximate surface area is 99.1 Å². The lowest BCUT2D eigenvalue weighted by atomic mass is 10.3. The maximum atomic E-state index is 5.89. The van der Waals surface area contributed by atoms with E-state index in [0.29, 0.717) is 0 Å². The average molecular weight is 230 g/mol. The standard InChI is InChI=1S/C11H14N6/c12-9-1-3-16(6-9)10-5-11(15-7-14-10)17-4-2-13-8-17/h2,4-5,7-9H,1,3,6,12H2. The molecule has 2 aromatic heterocycles. The van der Waals surface area contributed by atoms with Gasteiger partial charge in [-0.15, -0.1) is 0 Å². The Balaban J connectivity index is 1.89. The van der Waals surface area contributed by atoms with Gasteiger partial charge in [0.15, 0.2) is 0 Å². The van der Waals surface area contributed by atoms with E-state index in [1.165, 1.54) is 0 Å². The van der Waals surface area contributed by atoms with E-state index in [9.17, 15) is 0 Å². The number of nitrogens with two attached hydrogens (primary N) is 1. The van der Waals surface area contributed by atoms with Gasteiger partial charge < -0.3 is 10.6 Å². The molecule has 0 bridgehead atoms. The van der Waals surface area contributed by atoms with Crippen molar-refractivity contribution in [2.24, 2.45) is 5.73 Å². The number of hydrogen-bond donors (Lipinski definition) is 1. The van der Waals surface area contributed by atoms with Gasteiger partial charge in [-0.2, -0.15) is 0 Å². The number of imidazole rings is 1. The SMILES string of the molecule is NC1CCN(c2cc(-n3ccnc3)ncn2)C1. The Morgan fingerprint density at radius 3 is 2.88 bits per heavy atom. The fourth-order valence-electron chi connectivity index (χ4n) is 2.04. The molecule has 17 heavy (non-hydrogen) atoms. The fraction of sp³-hybridized carbons (Fsp3) is 0.364. The van der Waals surface area contributed by atoms with Crippen LogP contribution in [0.4, 0.5) is 5.82 Å². The maximum absolute atomic E-state index is 5.89. The van der Waals surface area contributed by atoms with E-state index < -0.39 is 0 Å². The van der Waals surface area contributed by atoms with E-state index in [-0.39, 0.29) is 6.04 Å². The largest absolute Gasteiger partial charge is 0.355 e. The van der Waals surface area contributed by atoms with E-state index in [2.05, 4.69) is 19.9 Å². The summed E-state index contributed by atoms with van der Waals surface area (Å²) in [6.07, 6.45) is 7.91. The third-order valence-electron chi connectivity index (χ3n) is 2.96. The molecule has 0 saturated carbocycles. The third-order valence-corrected chi connectivity index (χ3v) is 2.96. The van der Waals surface area contributed by atoms with Gasteiger partial charge in [0.25, 0.3) is 0 Å². The van der Waals surface area contributed by atoms with Crippen molar-refractivity contribution in [3.63, 3.8) is 0 Å². The molecule has 0 aliphatic carbocycles. The van der Waals surface area contributed by atoms with Crippen molar-refractivity contribution in [3.8, 4) is 5.82 Å². The second-order valence-corrected chi connectivity index (χ2v) is 4.20. The number of anilines is 1. The topological polar surface area (TPSA) is 72.9 Å². The average Bonchev–Trinajstić information content (AvgIpc) is 3.00. The van der Waals surface area contributed by atoms with Gasteiger partial charge in [-0.3, -0.25) is 4.57 Å². The predicted octanol–water partition coefficient (Wildman–Crippen LogP) is 0.200. The van der Waals surface area contributed by atoms with E-state index >= 15 is 0 Å². The molecule has 6 nitrogen and oxygen atoms in total. The summed E-state index contributed by atoms with van der Waals surface area (Å²) in [6, 6.07) is 2.21. The van der Waals surface area contributed by atoms with E-state index in [1.54, 1.807) is 18.9 Å². The predicted molar refractivity (Wildman–Crippen MR) is 64.0 cm³/mol. The zero-order valence-corrected chi connectivity index (χ0v) is 9.40. The van der Waals surface area contributed by atoms with Crippen LogP contribution in [-0.2, 0) is 0 Å². The van der Waals surface area contributed by atoms with E-state index in [4.69, 9.17) is 5.73 Å². The first kappa shape index (κ1) is 10.2. The van der Waals surface area contributed by atoms with Gasteiger partial charge in [0.1, 0.15) is 24.3 Å². The molecule has 2 N–H and O–H groups in total. The van der Waals surface area contributed by atoms with Gasteiger partial charge in [-0.1, -0.05) is 0 Å². The van der Waals surface area contributed by atoms with Crippen molar-refractivity contribution < 1.29 is 0 Å². The summed E-state index contributed by atoms with van der Waals surface area (Å²) in [7, 11) is 0. The first-order chi connectivity index (χ1) is 8.33. The second-order valence-electron chi connectivity index (χ2n) is 4.20. The Kier molecular flexibility index (Phi) is 2.49. The lowest BCUT2D eigenvalue weighted by molar-refractivity contribution is 0.751. The molecule has 1 unspecified atom stereocenters. The minimum atomic E-state index is 0.252. The highest BCUT2D eigenvalue weighted by atomic mass is 15.2. The van der Waals surface area contributed by atoms with Gasteiger partial charge in [-0.05, 0) is 6.42 Å². The lowest BCUT2D eigenvalue weighted by Gasteiger charge is -2.16. The van der Waals surface area contributed by atoms with E-state index in [1.807, 2.05) is 16.8 Å². The Morgan fingerprint density at radius 1 is 1.29 bits per heavy atom. The highest BCUT2D eigenvalue weighted by molar-refractivity contribution is 5.44. The van der Waals surface area contributed by atoms with Gasteiger partial charge in [0.2, 0.25) is 0 Å². The Bertz CT molecular complexity index is 494. The van der Waals surface area contributed by atoms with Crippen LogP contribution in [0.5, 0.6) is 0 Å². The van der Waals surface area contributed by atoms with Gasteiger partial charge in [0, 0.05) is 37.6 Å². The van der Waals surface area contributed by atoms with E-state index in [0.717, 1.165) is 31.1 Å². The van der Waals surface area contributed by atoms with Crippen LogP contribution in [0.1, 0.15) is 6.42 Å². The lowest BCUT2D eigenvalue weighted by Crippen LogP contribution is -2.27. The second kappa shape index (κ2) is 4.14. The minimum absolute atomic E-state index is 0.252. The van der Waals surface area contributed by atoms with Crippen molar-refractivity contribution in [1.82, 2.24) is 19.5 Å². The molecule has 1 aliphatic heterocycles. The minimum Gasteiger partial charge on any atom is -0.355 e. The first-order valence-electron chi connectivity index (χ1n) is 5.64. The van der Waals surface area contributed by atoms with Crippen molar-refractivity contribution in [2.75, 3.05) is 18.0 Å². The first-order valence-corrected chi connectivity index (χ1v) is 5.64. The summed E-state index contributed by atoms with van der Waals surface area (Å²) >= 11 is 0. The maximum Gasteiger partial charge on any atom is 0.143 e. The van der Waals surface area contributed by atoms with Crippen molar-refractivity contribution in [3.05, 3.63) is 31.1 Å². The number of rotatable bonds is 2. The third kappa shape index (κ3) is 1.99. The number of nitrogens with zero attached hydrogens (tertiary/aromatic N) is 5. The molecule has 1 saturated heterocycles. The summed E-state index contributed by atoms with van der Waals surface area (Å²) in [6.45, 7) is 1.82. The molecule has 3 rings (SSSR count). The van der Waals surface area contributed by atoms with Crippen LogP contribution in [0.15, 0.2) is 31.1 Å². The summed E-state index contributed by atoms with van der Waals surface area (Å²) in [5.74, 6) is 1.75. The molecule has 3 heterocycles. The molecular weight excluding hydrogens is 216 g/mol. The molecule has 6 heteroatoms. The van der Waals surface area contributed by atoms with Crippen molar-refractivity contribution in [1.29, 1.82) is 0 Å². The molecule has 0 amide bonds. The van der Waals surface area contributed by atoms with Crippen LogP contribution in [-0.4, -0.2) is 38.7 Å². The highest BCUT2D eigenvalue weighted by Gasteiger charge is 2.20. The highest BCUT2D eigenvalue weighted by Crippen LogP contribution is 2.18. The molecule has 2 aromatic rings. The van der Waals surface area contributed by atoms with Gasteiger partial charge >= 0.3 is 0 Å². The zero-order chi connectivity index (χ0) is 11.7. The molecule has 0 aromatic carbocycles. The molecule has 1 atom stereocenters. The molecule has 1 aliphatic rings. The van der Waals surface area contributed by atoms with Crippen molar-refractivity contribution >= 4 is 5.82 Å². The quantitative estimate of drug-likeness (QED) is 0.797. The summed E-state index contributed by atoms with van der Waals surface area (Å²) < 4.78 is 1.86. The normalized spacial score (nSPS) is 19.8. The smallest absolute Gasteiger partial charge is 0.143 e. The van der Waals surface area contributed by atoms with Crippen LogP contribution in [0, 0.1) is 0 Å². The van der Waals surface area contributed by atoms with Gasteiger partial charge in [-0.25, -0.2) is 15.0 Å². The molecule has 1 fully saturated rings. The summed E-state index contributed by atoms with van der Waals surface area (Å²) in [4.78, 5) is 14.7. The summed E-state index contributed by atoms with van der Waals surface area (Å²) in [5, 5.41) is 0. The van der Waals surface area contributed by atoms with Crippen LogP contribution in [0.3, 0.4) is 0 Å². The fourth-order valence-corrected chi connectivity index (χ4v) is 2.04. The summed E-state index contributed by atoms with van der Waals surface area (Å²) in [5.41, 5.74) is 5.89. The van der Waals surface area contributed by atoms with Crippen LogP contribution in [0.25, 0.3) is 5.82 Å². The monoisotopic (exact) mass is 230 g/mol. The Hall–Kier alpha value is -1.95. The van der Waals surface area contributed by atoms with Crippen molar-refractivity contribution in [2.45, 2.75) is 12.5 Å². The van der Waals surface area contributed by atoms with Crippen LogP contribution < -0.4 is 10.6 Å². The van der Waals surface area contributed by atoms with Crippen LogP contribution >= 0.6 is 0 Å². The molecule has 0 spiro atoms. The molecule has 0 radical (unpaired) electrons. The number of hydrogen-bond acceptors (Lipinski definition) is 5. The number of aromatic nitrogens is 4. The molecular formula is C11H14N6. The van der Waals surface area contributed by atoms with Gasteiger partial charge in [0.05, 0.1) is 0 Å². The zero-order valence-electron chi connectivity index (χ0n) is 9.40. The Morgan fingerprint density at radius 2 is 2.18 bits per heavy atom.